The molecule has 0 aromatic carbocycles. The van der Waals surface area contributed by atoms with E-state index in [0.29, 0.717) is 0 Å². The second kappa shape index (κ2) is 7.48. The van der Waals surface area contributed by atoms with Crippen LogP contribution in [0.3, 0.4) is 0 Å². The maximum atomic E-state index is 14.2. The van der Waals surface area contributed by atoms with Crippen LogP contribution in [0.2, 0.25) is 0 Å². The molecule has 130 valence electrons. The van der Waals surface area contributed by atoms with Gasteiger partial charge in [-0.15, -0.1) is 0 Å². The van der Waals surface area contributed by atoms with Crippen molar-refractivity contribution in [3.8, 4) is 0 Å². The lowest BCUT2D eigenvalue weighted by Gasteiger charge is -2.23. The molecule has 2 rings (SSSR count). The van der Waals surface area contributed by atoms with Crippen molar-refractivity contribution in [1.29, 1.82) is 0 Å². The number of carbonyl (C=O) groups is 1. The van der Waals surface area contributed by atoms with Crippen LogP contribution in [0.1, 0.15) is 25.7 Å². The van der Waals surface area contributed by atoms with Crippen LogP contribution in [0.15, 0.2) is 58.6 Å². The van der Waals surface area contributed by atoms with E-state index in [-0.39, 0.29) is 43.3 Å². The molecule has 0 bridgehead atoms. The first-order valence-corrected chi connectivity index (χ1v) is 7.04. The molecule has 0 saturated carbocycles. The third-order valence-electron chi connectivity index (χ3n) is 3.63. The first kappa shape index (κ1) is 18.0. The molecule has 0 aliphatic heterocycles. The SMILES string of the molecule is C=CC(O)OC1=C(F)C(F)=C(C2=C(F)C(F)=C(OC=O)CC2)CC1. The summed E-state index contributed by atoms with van der Waals surface area (Å²) in [6, 6.07) is 0. The van der Waals surface area contributed by atoms with E-state index in [0.717, 1.165) is 6.08 Å². The molecule has 4 nitrogen and oxygen atoms in total. The minimum atomic E-state index is -1.51. The molecular weight excluding hydrogens is 332 g/mol. The van der Waals surface area contributed by atoms with Crippen LogP contribution in [0.25, 0.3) is 0 Å². The van der Waals surface area contributed by atoms with Crippen LogP contribution in [-0.4, -0.2) is 17.9 Å². The highest BCUT2D eigenvalue weighted by Crippen LogP contribution is 2.43. The minimum Gasteiger partial charge on any atom is -0.463 e. The summed E-state index contributed by atoms with van der Waals surface area (Å²) < 4.78 is 65.2. The van der Waals surface area contributed by atoms with Gasteiger partial charge in [0.25, 0.3) is 6.47 Å². The fourth-order valence-corrected chi connectivity index (χ4v) is 2.47. The van der Waals surface area contributed by atoms with Gasteiger partial charge in [0.05, 0.1) is 0 Å². The summed E-state index contributed by atoms with van der Waals surface area (Å²) in [5.74, 6) is -6.45. The number of allylic oxidation sites excluding steroid dienone is 8. The second-order valence-corrected chi connectivity index (χ2v) is 5.02. The molecule has 1 unspecified atom stereocenters. The standard InChI is InChI=1S/C16H14F4O4/c1-2-12(22)24-11-6-4-9(14(18)16(11)20)8-3-5-10(23-7-21)15(19)13(8)17/h2,7,12,22H,1,3-6H2. The van der Waals surface area contributed by atoms with Crippen molar-refractivity contribution in [1.82, 2.24) is 0 Å². The zero-order chi connectivity index (χ0) is 17.9. The Hall–Kier alpha value is -2.35. The molecule has 1 atom stereocenters. The summed E-state index contributed by atoms with van der Waals surface area (Å²) in [5.41, 5.74) is -0.632. The van der Waals surface area contributed by atoms with Crippen molar-refractivity contribution in [2.24, 2.45) is 0 Å². The molecule has 2 aliphatic rings. The molecule has 1 N–H and O–H groups in total. The predicted molar refractivity (Wildman–Crippen MR) is 75.4 cm³/mol. The van der Waals surface area contributed by atoms with Gasteiger partial charge >= 0.3 is 0 Å². The van der Waals surface area contributed by atoms with Crippen molar-refractivity contribution in [3.05, 3.63) is 58.6 Å². The van der Waals surface area contributed by atoms with Gasteiger partial charge in [-0.25, -0.2) is 13.2 Å². The zero-order valence-corrected chi connectivity index (χ0v) is 12.5. The van der Waals surface area contributed by atoms with E-state index in [1.54, 1.807) is 0 Å². The molecule has 0 fully saturated rings. The summed E-state index contributed by atoms with van der Waals surface area (Å²) in [6.07, 6.45) is -1.11. The van der Waals surface area contributed by atoms with Crippen molar-refractivity contribution in [3.63, 3.8) is 0 Å². The van der Waals surface area contributed by atoms with E-state index >= 15 is 0 Å². The van der Waals surface area contributed by atoms with Gasteiger partial charge in [-0.1, -0.05) is 6.58 Å². The fourth-order valence-electron chi connectivity index (χ4n) is 2.47. The number of rotatable bonds is 6. The van der Waals surface area contributed by atoms with Gasteiger partial charge in [-0.3, -0.25) is 4.79 Å². The topological polar surface area (TPSA) is 55.8 Å². The van der Waals surface area contributed by atoms with Gasteiger partial charge in [-0.2, -0.15) is 4.39 Å². The smallest absolute Gasteiger partial charge is 0.298 e. The molecule has 2 aliphatic carbocycles. The maximum absolute atomic E-state index is 14.2. The molecule has 0 aromatic rings. The Morgan fingerprint density at radius 3 is 1.92 bits per heavy atom. The Morgan fingerprint density at radius 2 is 1.42 bits per heavy atom. The predicted octanol–water partition coefficient (Wildman–Crippen LogP) is 4.08. The van der Waals surface area contributed by atoms with Gasteiger partial charge in [0, 0.05) is 12.8 Å². The number of hydrogen-bond acceptors (Lipinski definition) is 4. The van der Waals surface area contributed by atoms with E-state index in [2.05, 4.69) is 11.3 Å². The number of ether oxygens (including phenoxy) is 2. The number of aliphatic hydroxyl groups is 1. The minimum absolute atomic E-state index is 0.0371. The van der Waals surface area contributed by atoms with Crippen LogP contribution in [0.5, 0.6) is 0 Å². The van der Waals surface area contributed by atoms with E-state index in [9.17, 15) is 27.5 Å². The second-order valence-electron chi connectivity index (χ2n) is 5.02. The Bertz CT molecular complexity index is 688. The molecule has 0 amide bonds. The van der Waals surface area contributed by atoms with E-state index < -0.39 is 41.1 Å². The summed E-state index contributed by atoms with van der Waals surface area (Å²) in [6.45, 7) is 3.20. The quantitative estimate of drug-likeness (QED) is 0.341. The molecule has 8 heteroatoms. The molecule has 24 heavy (non-hydrogen) atoms. The largest absolute Gasteiger partial charge is 0.463 e. The van der Waals surface area contributed by atoms with Gasteiger partial charge in [-0.05, 0) is 30.1 Å². The van der Waals surface area contributed by atoms with Crippen LogP contribution in [0, 0.1) is 0 Å². The van der Waals surface area contributed by atoms with Crippen molar-refractivity contribution in [2.75, 3.05) is 0 Å². The first-order valence-electron chi connectivity index (χ1n) is 7.04. The molecular formula is C16H14F4O4. The van der Waals surface area contributed by atoms with Crippen LogP contribution < -0.4 is 0 Å². The number of hydrogen-bond donors (Lipinski definition) is 1. The lowest BCUT2D eigenvalue weighted by molar-refractivity contribution is -0.125. The normalized spacial score (nSPS) is 20.4. The van der Waals surface area contributed by atoms with E-state index in [1.807, 2.05) is 0 Å². The maximum Gasteiger partial charge on any atom is 0.298 e. The van der Waals surface area contributed by atoms with Crippen LogP contribution >= 0.6 is 0 Å². The highest BCUT2D eigenvalue weighted by atomic mass is 19.2. The Labute approximate surface area is 135 Å². The van der Waals surface area contributed by atoms with Gasteiger partial charge in [0.15, 0.2) is 23.3 Å². The Kier molecular flexibility index (Phi) is 5.61. The summed E-state index contributed by atoms with van der Waals surface area (Å²) in [5, 5.41) is 9.24. The summed E-state index contributed by atoms with van der Waals surface area (Å²) in [7, 11) is 0. The van der Waals surface area contributed by atoms with Gasteiger partial charge in [0.1, 0.15) is 11.5 Å². The Balaban J connectivity index is 2.39. The van der Waals surface area contributed by atoms with Gasteiger partial charge in [0.2, 0.25) is 6.29 Å². The Morgan fingerprint density at radius 1 is 0.917 bits per heavy atom. The van der Waals surface area contributed by atoms with Crippen LogP contribution in [-0.2, 0) is 14.3 Å². The number of halogens is 4. The van der Waals surface area contributed by atoms with E-state index in [4.69, 9.17) is 4.74 Å². The highest BCUT2D eigenvalue weighted by molar-refractivity contribution is 5.50. The molecule has 0 aromatic heterocycles. The fraction of sp³-hybridized carbons (Fsp3) is 0.312. The summed E-state index contributed by atoms with van der Waals surface area (Å²) in [4.78, 5) is 10.2. The van der Waals surface area contributed by atoms with E-state index in [1.165, 1.54) is 0 Å². The molecule has 0 saturated heterocycles. The van der Waals surface area contributed by atoms with Crippen molar-refractivity contribution < 1.29 is 36.9 Å². The molecule has 0 heterocycles. The number of carbonyl (C=O) groups excluding carboxylic acids is 1. The lowest BCUT2D eigenvalue weighted by Crippen LogP contribution is -2.14. The first-order chi connectivity index (χ1) is 11.4. The molecule has 0 spiro atoms. The van der Waals surface area contributed by atoms with Crippen LogP contribution in [0.4, 0.5) is 17.6 Å². The summed E-state index contributed by atoms with van der Waals surface area (Å²) >= 11 is 0. The number of aliphatic hydroxyl groups excluding tert-OH is 1. The lowest BCUT2D eigenvalue weighted by atomic mass is 9.88. The average molecular weight is 346 g/mol. The third kappa shape index (κ3) is 3.43. The third-order valence-corrected chi connectivity index (χ3v) is 3.63. The van der Waals surface area contributed by atoms with Gasteiger partial charge < -0.3 is 14.6 Å². The molecule has 0 radical (unpaired) electrons. The highest BCUT2D eigenvalue weighted by Gasteiger charge is 2.32. The average Bonchev–Trinajstić information content (AvgIpc) is 2.57. The van der Waals surface area contributed by atoms with Crippen molar-refractivity contribution >= 4 is 6.47 Å². The van der Waals surface area contributed by atoms with Crippen molar-refractivity contribution in [2.45, 2.75) is 32.0 Å². The zero-order valence-electron chi connectivity index (χ0n) is 12.5. The monoisotopic (exact) mass is 346 g/mol.